The molecular weight excluding hydrogens is 789 g/mol. The molecule has 8 heteroatoms. The van der Waals surface area contributed by atoms with E-state index in [1.165, 1.54) is 17.3 Å². The Morgan fingerprint density at radius 1 is 0.406 bits per heavy atom. The summed E-state index contributed by atoms with van der Waals surface area (Å²) < 4.78 is 2.05. The van der Waals surface area contributed by atoms with Crippen molar-refractivity contribution >= 4 is 39.3 Å². The Morgan fingerprint density at radius 2 is 0.906 bits per heavy atom. The average molecular weight is 821 g/mol. The Kier molecular flexibility index (Phi) is 9.05. The molecule has 0 spiro atoms. The molecule has 0 bridgehead atoms. The first-order chi connectivity index (χ1) is 31.5. The highest BCUT2D eigenvalue weighted by atomic mass is 16.2. The van der Waals surface area contributed by atoms with Gasteiger partial charge in [-0.2, -0.15) is 10.5 Å². The molecule has 0 saturated heterocycles. The molecule has 0 N–H and O–H groups in total. The van der Waals surface area contributed by atoms with Crippen LogP contribution in [-0.4, -0.2) is 26.3 Å². The number of amides is 2. The average Bonchev–Trinajstić information content (AvgIpc) is 3.83. The maximum absolute atomic E-state index is 15.5. The first kappa shape index (κ1) is 37.7. The van der Waals surface area contributed by atoms with Gasteiger partial charge in [0, 0.05) is 57.8 Å². The van der Waals surface area contributed by atoms with Crippen LogP contribution in [0.3, 0.4) is 0 Å². The zero-order chi connectivity index (χ0) is 43.3. The number of nitrogens with zero attached hydrogens (tertiary/aromatic N) is 6. The number of carbonyl (C=O) groups excluding carboxylic acids is 2. The summed E-state index contributed by atoms with van der Waals surface area (Å²) in [5, 5.41) is 21.1. The van der Waals surface area contributed by atoms with Gasteiger partial charge in [-0.15, -0.1) is 0 Å². The van der Waals surface area contributed by atoms with Gasteiger partial charge in [0.2, 0.25) is 0 Å². The number of hydrogen-bond acceptors (Lipinski definition) is 6. The first-order valence-electron chi connectivity index (χ1n) is 20.6. The Morgan fingerprint density at radius 3 is 1.41 bits per heavy atom. The molecular formula is C56H32N6O2. The number of anilines is 1. The van der Waals surface area contributed by atoms with Gasteiger partial charge in [-0.25, -0.2) is 4.90 Å². The topological polar surface area (TPSA) is 116 Å². The van der Waals surface area contributed by atoms with Crippen LogP contribution in [-0.2, 0) is 0 Å². The van der Waals surface area contributed by atoms with Crippen molar-refractivity contribution in [2.24, 2.45) is 0 Å². The predicted octanol–water partition coefficient (Wildman–Crippen LogP) is 12.5. The molecule has 0 unspecified atom stereocenters. The summed E-state index contributed by atoms with van der Waals surface area (Å²) >= 11 is 0. The van der Waals surface area contributed by atoms with Crippen LogP contribution in [0.4, 0.5) is 5.69 Å². The number of hydrogen-bond donors (Lipinski definition) is 0. The second-order valence-corrected chi connectivity index (χ2v) is 15.6. The monoisotopic (exact) mass is 820 g/mol. The molecule has 10 aromatic rings. The lowest BCUT2D eigenvalue weighted by atomic mass is 9.90. The number of imide groups is 1. The van der Waals surface area contributed by atoms with Crippen LogP contribution in [0.2, 0.25) is 0 Å². The van der Waals surface area contributed by atoms with Crippen molar-refractivity contribution < 1.29 is 9.59 Å². The largest absolute Gasteiger partial charge is 0.308 e. The van der Waals surface area contributed by atoms with Crippen LogP contribution in [0.5, 0.6) is 0 Å². The molecule has 0 atom stereocenters. The fourth-order valence-electron chi connectivity index (χ4n) is 8.97. The highest BCUT2D eigenvalue weighted by Crippen LogP contribution is 2.47. The van der Waals surface area contributed by atoms with Crippen LogP contribution in [0, 0.1) is 22.7 Å². The molecule has 64 heavy (non-hydrogen) atoms. The predicted molar refractivity (Wildman–Crippen MR) is 251 cm³/mol. The first-order valence-corrected chi connectivity index (χ1v) is 20.6. The van der Waals surface area contributed by atoms with Crippen LogP contribution < -0.4 is 4.90 Å². The molecule has 8 nitrogen and oxygen atoms in total. The summed E-state index contributed by atoms with van der Waals surface area (Å²) in [5.41, 5.74) is 12.6. The van der Waals surface area contributed by atoms with E-state index in [2.05, 4.69) is 58.5 Å². The highest BCUT2D eigenvalue weighted by Gasteiger charge is 2.42. The van der Waals surface area contributed by atoms with E-state index in [0.29, 0.717) is 33.6 Å². The Bertz CT molecular complexity index is 3450. The van der Waals surface area contributed by atoms with E-state index in [1.54, 1.807) is 30.6 Å². The number of pyridine rings is 2. The van der Waals surface area contributed by atoms with Crippen LogP contribution in [0.25, 0.3) is 83.1 Å². The van der Waals surface area contributed by atoms with E-state index in [-0.39, 0.29) is 0 Å². The SMILES string of the molecule is N#Cc1cncc(-c2ccc3c(c2)c2cc(-c4cncc(C#N)c4)ccc2n3-c2cccc3c2C(=O)N(c2c(-c4ccccc4)cc(-c4ccccc4)cc2-c2ccccc2)C3=O)c1. The minimum atomic E-state index is -0.431. The Labute approximate surface area is 367 Å². The second kappa shape index (κ2) is 15.3. The maximum atomic E-state index is 15.5. The Hall–Kier alpha value is -9.24. The molecule has 0 fully saturated rings. The fraction of sp³-hybridized carbons (Fsp3) is 0. The minimum absolute atomic E-state index is 0.293. The molecule has 4 heterocycles. The normalized spacial score (nSPS) is 12.1. The minimum Gasteiger partial charge on any atom is -0.308 e. The zero-order valence-corrected chi connectivity index (χ0v) is 34.0. The molecule has 7 aromatic carbocycles. The van der Waals surface area contributed by atoms with Gasteiger partial charge in [0.1, 0.15) is 12.1 Å². The smallest absolute Gasteiger partial charge is 0.268 e. The van der Waals surface area contributed by atoms with Crippen molar-refractivity contribution in [1.29, 1.82) is 10.5 Å². The van der Waals surface area contributed by atoms with Crippen LogP contribution in [0.15, 0.2) is 195 Å². The van der Waals surface area contributed by atoms with Gasteiger partial charge >= 0.3 is 0 Å². The number of fused-ring (bicyclic) bond motifs is 4. The molecule has 11 rings (SSSR count). The maximum Gasteiger partial charge on any atom is 0.268 e. The number of carbonyl (C=O) groups is 2. The Balaban J connectivity index is 1.14. The quantitative estimate of drug-likeness (QED) is 0.148. The van der Waals surface area contributed by atoms with E-state index in [4.69, 9.17) is 0 Å². The van der Waals surface area contributed by atoms with E-state index in [9.17, 15) is 10.5 Å². The van der Waals surface area contributed by atoms with Gasteiger partial charge in [-0.05, 0) is 94.0 Å². The lowest BCUT2D eigenvalue weighted by molar-refractivity contribution is 0.0926. The lowest BCUT2D eigenvalue weighted by Crippen LogP contribution is -2.30. The molecule has 298 valence electrons. The summed E-state index contributed by atoms with van der Waals surface area (Å²) in [5.74, 6) is -0.844. The van der Waals surface area contributed by atoms with Gasteiger partial charge < -0.3 is 4.57 Å². The fourth-order valence-corrected chi connectivity index (χ4v) is 8.97. The molecule has 0 saturated carbocycles. The second-order valence-electron chi connectivity index (χ2n) is 15.6. The number of aromatic nitrogens is 3. The number of nitriles is 2. The highest BCUT2D eigenvalue weighted by molar-refractivity contribution is 6.37. The molecule has 3 aromatic heterocycles. The molecule has 2 amide bonds. The van der Waals surface area contributed by atoms with Gasteiger partial charge in [0.05, 0.1) is 44.7 Å². The molecule has 1 aliphatic heterocycles. The van der Waals surface area contributed by atoms with E-state index in [0.717, 1.165) is 77.4 Å². The molecule has 0 radical (unpaired) electrons. The molecule has 0 aliphatic carbocycles. The summed E-state index contributed by atoms with van der Waals surface area (Å²) in [4.78, 5) is 40.7. The lowest BCUT2D eigenvalue weighted by Gasteiger charge is -2.24. The van der Waals surface area contributed by atoms with Crippen LogP contribution >= 0.6 is 0 Å². The van der Waals surface area contributed by atoms with E-state index < -0.39 is 11.8 Å². The third-order valence-electron chi connectivity index (χ3n) is 11.9. The van der Waals surface area contributed by atoms with Gasteiger partial charge in [0.25, 0.3) is 11.8 Å². The molecule has 1 aliphatic rings. The third kappa shape index (κ3) is 6.22. The van der Waals surface area contributed by atoms with E-state index in [1.807, 2.05) is 120 Å². The third-order valence-corrected chi connectivity index (χ3v) is 11.9. The summed E-state index contributed by atoms with van der Waals surface area (Å²) in [6.45, 7) is 0. The van der Waals surface area contributed by atoms with E-state index >= 15 is 9.59 Å². The van der Waals surface area contributed by atoms with Crippen molar-refractivity contribution in [2.75, 3.05) is 4.90 Å². The van der Waals surface area contributed by atoms with Gasteiger partial charge in [-0.3, -0.25) is 19.6 Å². The van der Waals surface area contributed by atoms with Crippen molar-refractivity contribution in [2.45, 2.75) is 0 Å². The summed E-state index contributed by atoms with van der Waals surface area (Å²) in [6.07, 6.45) is 6.53. The standard InChI is InChI=1S/C56H32N6O2/c57-29-35-23-43(33-59-31-35)40-19-21-50-48(25-40)49-26-41(44-24-36(30-58)32-60-34-44)20-22-51(49)61(50)52-18-10-17-45-53(52)56(64)62(55(45)63)54-46(38-13-6-2-7-14-38)27-42(37-11-4-1-5-12-37)28-47(54)39-15-8-3-9-16-39/h1-28,31-34H. The van der Waals surface area contributed by atoms with Crippen molar-refractivity contribution in [3.05, 3.63) is 217 Å². The van der Waals surface area contributed by atoms with Crippen molar-refractivity contribution in [3.8, 4) is 73.5 Å². The van der Waals surface area contributed by atoms with Crippen molar-refractivity contribution in [1.82, 2.24) is 14.5 Å². The van der Waals surface area contributed by atoms with Crippen molar-refractivity contribution in [3.63, 3.8) is 0 Å². The zero-order valence-electron chi connectivity index (χ0n) is 34.0. The van der Waals surface area contributed by atoms with Gasteiger partial charge in [0.15, 0.2) is 0 Å². The van der Waals surface area contributed by atoms with Gasteiger partial charge in [-0.1, -0.05) is 109 Å². The summed E-state index contributed by atoms with van der Waals surface area (Å²) in [7, 11) is 0. The van der Waals surface area contributed by atoms with Crippen LogP contribution in [0.1, 0.15) is 31.8 Å². The number of benzene rings is 7. The number of rotatable bonds is 7. The summed E-state index contributed by atoms with van der Waals surface area (Å²) in [6, 6.07) is 59.6.